The summed E-state index contributed by atoms with van der Waals surface area (Å²) in [7, 11) is 4.42. The summed E-state index contributed by atoms with van der Waals surface area (Å²) in [4.78, 5) is 9.50. The standard InChI is InChI=1S/C13H24N4S/c1-16-7-4-12(5-8-16)17(2)9-11-10-18-13(15-11)3-6-14/h10,12H,3-9,14H2,1-2H3. The molecule has 0 amide bonds. The first-order valence-corrected chi connectivity index (χ1v) is 7.59. The molecule has 5 heteroatoms. The molecule has 18 heavy (non-hydrogen) atoms. The molecule has 4 nitrogen and oxygen atoms in total. The van der Waals surface area contributed by atoms with Gasteiger partial charge in [0.15, 0.2) is 0 Å². The van der Waals surface area contributed by atoms with Crippen molar-refractivity contribution in [2.45, 2.75) is 31.8 Å². The summed E-state index contributed by atoms with van der Waals surface area (Å²) in [6, 6.07) is 0.709. The first-order chi connectivity index (χ1) is 8.69. The summed E-state index contributed by atoms with van der Waals surface area (Å²) in [6.45, 7) is 4.09. The van der Waals surface area contributed by atoms with Gasteiger partial charge in [-0.05, 0) is 46.6 Å². The number of piperidine rings is 1. The van der Waals surface area contributed by atoms with Gasteiger partial charge in [-0.25, -0.2) is 4.98 Å². The van der Waals surface area contributed by atoms with E-state index in [0.29, 0.717) is 12.6 Å². The van der Waals surface area contributed by atoms with Crippen LogP contribution >= 0.6 is 11.3 Å². The molecule has 0 unspecified atom stereocenters. The third-order valence-corrected chi connectivity index (χ3v) is 4.64. The number of hydrogen-bond donors (Lipinski definition) is 1. The second-order valence-electron chi connectivity index (χ2n) is 5.22. The fraction of sp³-hybridized carbons (Fsp3) is 0.769. The first-order valence-electron chi connectivity index (χ1n) is 6.71. The van der Waals surface area contributed by atoms with E-state index in [2.05, 4.69) is 34.3 Å². The Morgan fingerprint density at radius 2 is 2.22 bits per heavy atom. The van der Waals surface area contributed by atoms with Crippen LogP contribution in [0.1, 0.15) is 23.5 Å². The molecule has 0 aromatic carbocycles. The van der Waals surface area contributed by atoms with Gasteiger partial charge in [-0.2, -0.15) is 0 Å². The Kier molecular flexibility index (Phi) is 5.12. The minimum atomic E-state index is 0.692. The highest BCUT2D eigenvalue weighted by atomic mass is 32.1. The highest BCUT2D eigenvalue weighted by Crippen LogP contribution is 2.18. The number of thiazole rings is 1. The Morgan fingerprint density at radius 3 is 2.89 bits per heavy atom. The van der Waals surface area contributed by atoms with Crippen LogP contribution < -0.4 is 5.73 Å². The Balaban J connectivity index is 1.84. The van der Waals surface area contributed by atoms with Crippen LogP contribution in [0, 0.1) is 0 Å². The maximum Gasteiger partial charge on any atom is 0.0941 e. The predicted octanol–water partition coefficient (Wildman–Crippen LogP) is 1.17. The van der Waals surface area contributed by atoms with Gasteiger partial charge in [-0.3, -0.25) is 4.90 Å². The summed E-state index contributed by atoms with van der Waals surface area (Å²) in [5.41, 5.74) is 6.75. The van der Waals surface area contributed by atoms with E-state index in [1.807, 2.05) is 0 Å². The average Bonchev–Trinajstić information content (AvgIpc) is 2.78. The molecule has 1 aromatic heterocycles. The highest BCUT2D eigenvalue weighted by Gasteiger charge is 2.20. The van der Waals surface area contributed by atoms with Crippen molar-refractivity contribution in [2.24, 2.45) is 5.73 Å². The van der Waals surface area contributed by atoms with Crippen LogP contribution in [-0.4, -0.2) is 54.6 Å². The van der Waals surface area contributed by atoms with E-state index in [9.17, 15) is 0 Å². The molecule has 2 N–H and O–H groups in total. The van der Waals surface area contributed by atoms with Gasteiger partial charge >= 0.3 is 0 Å². The molecule has 0 radical (unpaired) electrons. The number of aromatic nitrogens is 1. The average molecular weight is 268 g/mol. The lowest BCUT2D eigenvalue weighted by Gasteiger charge is -2.34. The van der Waals surface area contributed by atoms with Crippen molar-refractivity contribution in [3.05, 3.63) is 16.1 Å². The van der Waals surface area contributed by atoms with Crippen LogP contribution in [0.2, 0.25) is 0 Å². The Hall–Kier alpha value is -0.490. The van der Waals surface area contributed by atoms with Gasteiger partial charge in [0.2, 0.25) is 0 Å². The number of likely N-dealkylation sites (tertiary alicyclic amines) is 1. The number of rotatable bonds is 5. The van der Waals surface area contributed by atoms with E-state index in [4.69, 9.17) is 5.73 Å². The van der Waals surface area contributed by atoms with Crippen LogP contribution in [-0.2, 0) is 13.0 Å². The van der Waals surface area contributed by atoms with Crippen molar-refractivity contribution in [3.8, 4) is 0 Å². The fourth-order valence-electron chi connectivity index (χ4n) is 2.48. The summed E-state index contributed by atoms with van der Waals surface area (Å²) in [5, 5.41) is 3.35. The maximum atomic E-state index is 5.55. The second-order valence-corrected chi connectivity index (χ2v) is 6.16. The van der Waals surface area contributed by atoms with E-state index >= 15 is 0 Å². The van der Waals surface area contributed by atoms with Crippen molar-refractivity contribution >= 4 is 11.3 Å². The quantitative estimate of drug-likeness (QED) is 0.871. The third kappa shape index (κ3) is 3.75. The zero-order chi connectivity index (χ0) is 13.0. The van der Waals surface area contributed by atoms with E-state index in [-0.39, 0.29) is 0 Å². The summed E-state index contributed by atoms with van der Waals surface area (Å²) in [5.74, 6) is 0. The van der Waals surface area contributed by atoms with Crippen molar-refractivity contribution in [1.29, 1.82) is 0 Å². The van der Waals surface area contributed by atoms with Crippen molar-refractivity contribution in [2.75, 3.05) is 33.7 Å². The van der Waals surface area contributed by atoms with Crippen molar-refractivity contribution in [3.63, 3.8) is 0 Å². The van der Waals surface area contributed by atoms with Gasteiger partial charge in [-0.1, -0.05) is 0 Å². The molecule has 2 rings (SSSR count). The first kappa shape index (κ1) is 13.9. The van der Waals surface area contributed by atoms with E-state index in [1.165, 1.54) is 36.6 Å². The molecule has 102 valence electrons. The SMILES string of the molecule is CN1CCC(N(C)Cc2csc(CCN)n2)CC1. The molecule has 1 aliphatic heterocycles. The molecule has 1 fully saturated rings. The van der Waals surface area contributed by atoms with Gasteiger partial charge < -0.3 is 10.6 Å². The molecule has 1 aromatic rings. The minimum Gasteiger partial charge on any atom is -0.330 e. The topological polar surface area (TPSA) is 45.4 Å². The minimum absolute atomic E-state index is 0.692. The molecule has 2 heterocycles. The monoisotopic (exact) mass is 268 g/mol. The van der Waals surface area contributed by atoms with Crippen LogP contribution in [0.3, 0.4) is 0 Å². The Labute approximate surface area is 114 Å². The zero-order valence-corrected chi connectivity index (χ0v) is 12.2. The molecule has 0 spiro atoms. The number of nitrogens with zero attached hydrogens (tertiary/aromatic N) is 3. The number of hydrogen-bond acceptors (Lipinski definition) is 5. The van der Waals surface area contributed by atoms with Crippen molar-refractivity contribution in [1.82, 2.24) is 14.8 Å². The van der Waals surface area contributed by atoms with E-state index < -0.39 is 0 Å². The molecular weight excluding hydrogens is 244 g/mol. The lowest BCUT2D eigenvalue weighted by molar-refractivity contribution is 0.138. The van der Waals surface area contributed by atoms with Gasteiger partial charge in [0.05, 0.1) is 10.7 Å². The zero-order valence-electron chi connectivity index (χ0n) is 11.4. The molecule has 0 bridgehead atoms. The molecular formula is C13H24N4S. The highest BCUT2D eigenvalue weighted by molar-refractivity contribution is 7.09. The normalized spacial score (nSPS) is 18.7. The molecule has 0 aliphatic carbocycles. The fourth-order valence-corrected chi connectivity index (χ4v) is 3.29. The van der Waals surface area contributed by atoms with Crippen LogP contribution in [0.25, 0.3) is 0 Å². The van der Waals surface area contributed by atoms with Gasteiger partial charge in [0.25, 0.3) is 0 Å². The van der Waals surface area contributed by atoms with E-state index in [0.717, 1.165) is 13.0 Å². The third-order valence-electron chi connectivity index (χ3n) is 3.68. The van der Waals surface area contributed by atoms with Crippen molar-refractivity contribution < 1.29 is 0 Å². The molecule has 0 saturated carbocycles. The van der Waals surface area contributed by atoms with Gasteiger partial charge in [0, 0.05) is 24.4 Å². The molecule has 1 aliphatic rings. The van der Waals surface area contributed by atoms with Crippen LogP contribution in [0.5, 0.6) is 0 Å². The van der Waals surface area contributed by atoms with Gasteiger partial charge in [-0.15, -0.1) is 11.3 Å². The van der Waals surface area contributed by atoms with E-state index in [1.54, 1.807) is 11.3 Å². The summed E-state index contributed by atoms with van der Waals surface area (Å²) in [6.07, 6.45) is 3.45. The molecule has 0 atom stereocenters. The Bertz CT molecular complexity index is 358. The second kappa shape index (κ2) is 6.61. The maximum absolute atomic E-state index is 5.55. The summed E-state index contributed by atoms with van der Waals surface area (Å²) >= 11 is 1.74. The lowest BCUT2D eigenvalue weighted by atomic mass is 10.0. The Morgan fingerprint density at radius 1 is 1.50 bits per heavy atom. The predicted molar refractivity (Wildman–Crippen MR) is 76.9 cm³/mol. The van der Waals surface area contributed by atoms with Crippen LogP contribution in [0.15, 0.2) is 5.38 Å². The number of nitrogens with two attached hydrogens (primary N) is 1. The summed E-state index contributed by atoms with van der Waals surface area (Å²) < 4.78 is 0. The smallest absolute Gasteiger partial charge is 0.0941 e. The lowest BCUT2D eigenvalue weighted by Crippen LogP contribution is -2.41. The largest absolute Gasteiger partial charge is 0.330 e. The van der Waals surface area contributed by atoms with Crippen LogP contribution in [0.4, 0.5) is 0 Å². The van der Waals surface area contributed by atoms with Gasteiger partial charge in [0.1, 0.15) is 0 Å². The molecule has 1 saturated heterocycles.